The number of thioether (sulfide) groups is 1. The van der Waals surface area contributed by atoms with Crippen LogP contribution in [-0.2, 0) is 5.75 Å². The predicted octanol–water partition coefficient (Wildman–Crippen LogP) is 1.12. The Morgan fingerprint density at radius 1 is 1.65 bits per heavy atom. The molecule has 2 N–H and O–H groups in total. The zero-order valence-electron chi connectivity index (χ0n) is 9.50. The minimum atomic E-state index is -0.113. The average Bonchev–Trinajstić information content (AvgIpc) is 2.75. The Balaban J connectivity index is 2.11. The first-order chi connectivity index (χ1) is 8.20. The van der Waals surface area contributed by atoms with Gasteiger partial charge in [-0.25, -0.2) is 4.98 Å². The molecule has 2 aromatic rings. The highest BCUT2D eigenvalue weighted by Crippen LogP contribution is 2.18. The van der Waals surface area contributed by atoms with Crippen molar-refractivity contribution in [1.82, 2.24) is 14.6 Å². The normalized spacial score (nSPS) is 13.1. The monoisotopic (exact) mass is 270 g/mol. The molecular weight excluding hydrogens is 256 g/mol. The van der Waals surface area contributed by atoms with Gasteiger partial charge in [0.25, 0.3) is 5.56 Å². The first-order valence-corrected chi connectivity index (χ1v) is 7.27. The maximum Gasteiger partial charge on any atom is 0.275 e. The summed E-state index contributed by atoms with van der Waals surface area (Å²) in [5.74, 6) is 0.741. The van der Waals surface area contributed by atoms with Crippen molar-refractivity contribution in [3.05, 3.63) is 27.6 Å². The molecule has 0 aromatic carbocycles. The highest BCUT2D eigenvalue weighted by Gasteiger charge is 2.07. The van der Waals surface area contributed by atoms with E-state index >= 15 is 0 Å². The van der Waals surface area contributed by atoms with Crippen LogP contribution < -0.4 is 11.3 Å². The summed E-state index contributed by atoms with van der Waals surface area (Å²) in [6.45, 7) is 2.83. The van der Waals surface area contributed by atoms with Crippen LogP contribution in [0, 0.1) is 0 Å². The molecule has 0 saturated carbocycles. The number of aromatic nitrogens is 3. The minimum Gasteiger partial charge on any atom is -0.330 e. The summed E-state index contributed by atoms with van der Waals surface area (Å²) in [5.41, 5.74) is 7.82. The second kappa shape index (κ2) is 5.61. The van der Waals surface area contributed by atoms with Gasteiger partial charge >= 0.3 is 0 Å². The second-order valence-corrected chi connectivity index (χ2v) is 5.96. The summed E-state index contributed by atoms with van der Waals surface area (Å²) in [7, 11) is 0. The molecule has 1 unspecified atom stereocenters. The van der Waals surface area contributed by atoms with Crippen molar-refractivity contribution in [2.24, 2.45) is 5.73 Å². The third-order valence-corrected chi connectivity index (χ3v) is 4.27. The largest absolute Gasteiger partial charge is 0.330 e. The standard InChI is InChI=1S/C10H14N4OS2/c1-7(2-3-11)16-5-8-4-9(15)14-10(13-8)17-6-12-14/h4,6-7H,2-3,5,11H2,1H3. The van der Waals surface area contributed by atoms with Crippen molar-refractivity contribution in [3.63, 3.8) is 0 Å². The van der Waals surface area contributed by atoms with Crippen molar-refractivity contribution in [2.75, 3.05) is 6.54 Å². The van der Waals surface area contributed by atoms with E-state index in [-0.39, 0.29) is 5.56 Å². The van der Waals surface area contributed by atoms with Crippen molar-refractivity contribution in [2.45, 2.75) is 24.3 Å². The van der Waals surface area contributed by atoms with Crippen molar-refractivity contribution in [3.8, 4) is 0 Å². The molecule has 0 radical (unpaired) electrons. The van der Waals surface area contributed by atoms with E-state index in [1.807, 2.05) is 0 Å². The predicted molar refractivity (Wildman–Crippen MR) is 71.6 cm³/mol. The Labute approximate surface area is 107 Å². The maximum absolute atomic E-state index is 11.7. The molecule has 2 rings (SSSR count). The fourth-order valence-corrected chi connectivity index (χ4v) is 2.97. The summed E-state index contributed by atoms with van der Waals surface area (Å²) in [6, 6.07) is 1.55. The van der Waals surface area contributed by atoms with E-state index in [1.54, 1.807) is 23.3 Å². The van der Waals surface area contributed by atoms with Crippen LogP contribution in [0.5, 0.6) is 0 Å². The van der Waals surface area contributed by atoms with Gasteiger partial charge in [0, 0.05) is 17.1 Å². The zero-order valence-corrected chi connectivity index (χ0v) is 11.1. The van der Waals surface area contributed by atoms with E-state index in [4.69, 9.17) is 5.73 Å². The molecule has 2 aromatic heterocycles. The number of hydrogen-bond acceptors (Lipinski definition) is 6. The van der Waals surface area contributed by atoms with Crippen LogP contribution in [0.4, 0.5) is 0 Å². The van der Waals surface area contributed by atoms with Crippen LogP contribution >= 0.6 is 23.1 Å². The van der Waals surface area contributed by atoms with Gasteiger partial charge in [-0.3, -0.25) is 4.79 Å². The Kier molecular flexibility index (Phi) is 4.14. The molecule has 1 atom stereocenters. The summed E-state index contributed by atoms with van der Waals surface area (Å²) in [5, 5.41) is 4.41. The smallest absolute Gasteiger partial charge is 0.275 e. The van der Waals surface area contributed by atoms with Crippen molar-refractivity contribution >= 4 is 28.1 Å². The van der Waals surface area contributed by atoms with Crippen LogP contribution in [0.2, 0.25) is 0 Å². The number of fused-ring (bicyclic) bond motifs is 1. The minimum absolute atomic E-state index is 0.113. The van der Waals surface area contributed by atoms with Crippen LogP contribution in [0.15, 0.2) is 16.4 Å². The topological polar surface area (TPSA) is 73.3 Å². The van der Waals surface area contributed by atoms with E-state index in [0.717, 1.165) is 17.9 Å². The molecule has 0 spiro atoms. The quantitative estimate of drug-likeness (QED) is 0.881. The average molecular weight is 270 g/mol. The molecule has 0 aliphatic carbocycles. The first-order valence-electron chi connectivity index (χ1n) is 5.35. The van der Waals surface area contributed by atoms with Gasteiger partial charge in [0.15, 0.2) is 0 Å². The molecule has 0 aliphatic heterocycles. The number of nitrogens with zero attached hydrogens (tertiary/aromatic N) is 3. The summed E-state index contributed by atoms with van der Waals surface area (Å²) < 4.78 is 1.32. The molecular formula is C10H14N4OS2. The molecule has 92 valence electrons. The van der Waals surface area contributed by atoms with Gasteiger partial charge in [0.2, 0.25) is 4.96 Å². The number of nitrogens with two attached hydrogens (primary N) is 1. The first kappa shape index (κ1) is 12.5. The molecule has 2 heterocycles. The summed E-state index contributed by atoms with van der Waals surface area (Å²) in [4.78, 5) is 16.7. The van der Waals surface area contributed by atoms with Gasteiger partial charge in [-0.2, -0.15) is 21.4 Å². The van der Waals surface area contributed by atoms with E-state index in [2.05, 4.69) is 17.0 Å². The number of hydrogen-bond donors (Lipinski definition) is 1. The molecule has 17 heavy (non-hydrogen) atoms. The SMILES string of the molecule is CC(CCN)SCc1cc(=O)n2ncsc2n1. The van der Waals surface area contributed by atoms with Gasteiger partial charge in [-0.05, 0) is 13.0 Å². The Hall–Kier alpha value is -0.920. The lowest BCUT2D eigenvalue weighted by Crippen LogP contribution is -2.15. The van der Waals surface area contributed by atoms with Gasteiger partial charge in [-0.15, -0.1) is 0 Å². The van der Waals surface area contributed by atoms with Gasteiger partial charge in [-0.1, -0.05) is 18.3 Å². The second-order valence-electron chi connectivity index (χ2n) is 3.72. The molecule has 0 bridgehead atoms. The number of rotatable bonds is 5. The molecule has 0 aliphatic rings. The molecule has 0 saturated heterocycles. The lowest BCUT2D eigenvalue weighted by Gasteiger charge is -2.08. The lowest BCUT2D eigenvalue weighted by atomic mass is 10.3. The highest BCUT2D eigenvalue weighted by atomic mass is 32.2. The third-order valence-electron chi connectivity index (χ3n) is 2.33. The highest BCUT2D eigenvalue weighted by molar-refractivity contribution is 7.99. The van der Waals surface area contributed by atoms with Gasteiger partial charge < -0.3 is 5.73 Å². The summed E-state index contributed by atoms with van der Waals surface area (Å²) >= 11 is 3.14. The van der Waals surface area contributed by atoms with E-state index in [1.165, 1.54) is 15.9 Å². The van der Waals surface area contributed by atoms with Crippen LogP contribution in [0.25, 0.3) is 4.96 Å². The maximum atomic E-state index is 11.7. The van der Waals surface area contributed by atoms with E-state index in [9.17, 15) is 4.79 Å². The Bertz CT molecular complexity index is 550. The fourth-order valence-electron chi connectivity index (χ4n) is 1.42. The third kappa shape index (κ3) is 3.05. The molecule has 7 heteroatoms. The molecule has 5 nitrogen and oxygen atoms in total. The van der Waals surface area contributed by atoms with Crippen molar-refractivity contribution < 1.29 is 0 Å². The van der Waals surface area contributed by atoms with E-state index < -0.39 is 0 Å². The molecule has 0 amide bonds. The van der Waals surface area contributed by atoms with Crippen LogP contribution in [0.1, 0.15) is 19.0 Å². The Morgan fingerprint density at radius 2 is 2.47 bits per heavy atom. The Morgan fingerprint density at radius 3 is 3.24 bits per heavy atom. The van der Waals surface area contributed by atoms with Crippen molar-refractivity contribution in [1.29, 1.82) is 0 Å². The fraction of sp³-hybridized carbons (Fsp3) is 0.500. The summed E-state index contributed by atoms with van der Waals surface area (Å²) in [6.07, 6.45) is 0.979. The van der Waals surface area contributed by atoms with Gasteiger partial charge in [0.1, 0.15) is 5.51 Å². The van der Waals surface area contributed by atoms with Gasteiger partial charge in [0.05, 0.1) is 5.69 Å². The van der Waals surface area contributed by atoms with E-state index in [0.29, 0.717) is 16.8 Å². The van der Waals surface area contributed by atoms with Crippen LogP contribution in [0.3, 0.4) is 0 Å². The zero-order chi connectivity index (χ0) is 12.3. The molecule has 0 fully saturated rings. The van der Waals surface area contributed by atoms with Crippen LogP contribution in [-0.4, -0.2) is 26.4 Å². The lowest BCUT2D eigenvalue weighted by molar-refractivity contribution is 0.822.